The first kappa shape index (κ1) is 18.0. The topological polar surface area (TPSA) is 62.2 Å². The average Bonchev–Trinajstić information content (AvgIpc) is 3.23. The summed E-state index contributed by atoms with van der Waals surface area (Å²) in [6.07, 6.45) is 3.31. The van der Waals surface area contributed by atoms with E-state index in [9.17, 15) is 4.79 Å². The lowest BCUT2D eigenvalue weighted by atomic mass is 10.1. The number of aryl methyl sites for hydroxylation is 2. The van der Waals surface area contributed by atoms with Crippen LogP contribution in [0.4, 0.5) is 5.13 Å². The third kappa shape index (κ3) is 3.21. The summed E-state index contributed by atoms with van der Waals surface area (Å²) in [6.45, 7) is 7.19. The van der Waals surface area contributed by atoms with Crippen molar-refractivity contribution in [2.24, 2.45) is 0 Å². The van der Waals surface area contributed by atoms with Crippen molar-refractivity contribution in [3.8, 4) is 0 Å². The van der Waals surface area contributed by atoms with Gasteiger partial charge in [0.1, 0.15) is 0 Å². The largest absolute Gasteiger partial charge is 0.345 e. The first-order valence-corrected chi connectivity index (χ1v) is 10.5. The van der Waals surface area contributed by atoms with Crippen LogP contribution >= 0.6 is 11.3 Å². The highest BCUT2D eigenvalue weighted by Gasteiger charge is 2.24. The van der Waals surface area contributed by atoms with Crippen LogP contribution in [0.15, 0.2) is 42.7 Å². The number of thiazole rings is 1. The summed E-state index contributed by atoms with van der Waals surface area (Å²) >= 11 is 1.75. The molecule has 6 nitrogen and oxygen atoms in total. The summed E-state index contributed by atoms with van der Waals surface area (Å²) in [5, 5.41) is 1.05. The van der Waals surface area contributed by atoms with Crippen molar-refractivity contribution in [1.82, 2.24) is 19.9 Å². The molecule has 1 saturated heterocycles. The van der Waals surface area contributed by atoms with Gasteiger partial charge in [-0.25, -0.2) is 4.98 Å². The number of aromatic nitrogens is 3. The zero-order valence-corrected chi connectivity index (χ0v) is 17.2. The first-order valence-electron chi connectivity index (χ1n) is 9.72. The number of amides is 1. The number of hydrogen-bond donors (Lipinski definition) is 0. The average molecular weight is 404 g/mol. The van der Waals surface area contributed by atoms with Gasteiger partial charge < -0.3 is 9.80 Å². The van der Waals surface area contributed by atoms with Gasteiger partial charge in [0.15, 0.2) is 5.13 Å². The minimum absolute atomic E-state index is 0.0493. The van der Waals surface area contributed by atoms with Crippen molar-refractivity contribution in [1.29, 1.82) is 0 Å². The third-order valence-corrected chi connectivity index (χ3v) is 6.74. The number of anilines is 1. The second kappa shape index (κ2) is 7.08. The van der Waals surface area contributed by atoms with Crippen LogP contribution in [0.2, 0.25) is 0 Å². The standard InChI is InChI=1S/C22H21N5OS/c1-14-3-4-15(2)20-19(14)25-22(29-20)27-11-9-26(10-12-27)21(28)16-5-6-17-18(13-16)24-8-7-23-17/h3-8,13H,9-12H2,1-2H3. The molecule has 4 aromatic rings. The van der Waals surface area contributed by atoms with Gasteiger partial charge >= 0.3 is 0 Å². The molecule has 0 spiro atoms. The van der Waals surface area contributed by atoms with Crippen LogP contribution in [-0.4, -0.2) is 51.9 Å². The number of nitrogens with zero attached hydrogens (tertiary/aromatic N) is 5. The molecule has 1 amide bonds. The summed E-state index contributed by atoms with van der Waals surface area (Å²) in [4.78, 5) is 30.6. The van der Waals surface area contributed by atoms with Gasteiger partial charge in [-0.3, -0.25) is 14.8 Å². The van der Waals surface area contributed by atoms with Gasteiger partial charge in [0.05, 0.1) is 21.3 Å². The Morgan fingerprint density at radius 3 is 2.41 bits per heavy atom. The van der Waals surface area contributed by atoms with E-state index in [4.69, 9.17) is 4.98 Å². The SMILES string of the molecule is Cc1ccc(C)c2sc(N3CCN(C(=O)c4ccc5nccnc5c4)CC3)nc12. The molecule has 2 aromatic heterocycles. The number of carbonyl (C=O) groups is 1. The zero-order valence-electron chi connectivity index (χ0n) is 16.4. The fraction of sp³-hybridized carbons (Fsp3) is 0.273. The van der Waals surface area contributed by atoms with Gasteiger partial charge in [-0.05, 0) is 43.2 Å². The molecule has 0 atom stereocenters. The van der Waals surface area contributed by atoms with E-state index in [0.29, 0.717) is 18.7 Å². The van der Waals surface area contributed by atoms with Crippen LogP contribution < -0.4 is 4.90 Å². The molecular weight excluding hydrogens is 382 g/mol. The maximum absolute atomic E-state index is 13.0. The Morgan fingerprint density at radius 1 is 0.931 bits per heavy atom. The molecule has 146 valence electrons. The highest BCUT2D eigenvalue weighted by Crippen LogP contribution is 2.33. The Morgan fingerprint density at radius 2 is 1.66 bits per heavy atom. The highest BCUT2D eigenvalue weighted by molar-refractivity contribution is 7.22. The quantitative estimate of drug-likeness (QED) is 0.509. The predicted molar refractivity (Wildman–Crippen MR) is 117 cm³/mol. The molecule has 0 N–H and O–H groups in total. The fourth-order valence-corrected chi connectivity index (χ4v) is 4.93. The number of carbonyl (C=O) groups excluding carboxylic acids is 1. The second-order valence-corrected chi connectivity index (χ2v) is 8.39. The van der Waals surface area contributed by atoms with Crippen LogP contribution in [0.25, 0.3) is 21.3 Å². The van der Waals surface area contributed by atoms with E-state index >= 15 is 0 Å². The van der Waals surface area contributed by atoms with Gasteiger partial charge in [0.25, 0.3) is 5.91 Å². The van der Waals surface area contributed by atoms with E-state index < -0.39 is 0 Å². The normalized spacial score (nSPS) is 14.7. The maximum atomic E-state index is 13.0. The van der Waals surface area contributed by atoms with Crippen LogP contribution in [0.3, 0.4) is 0 Å². The van der Waals surface area contributed by atoms with Crippen molar-refractivity contribution < 1.29 is 4.79 Å². The molecule has 0 aliphatic carbocycles. The Kier molecular flexibility index (Phi) is 4.39. The van der Waals surface area contributed by atoms with Crippen molar-refractivity contribution in [2.75, 3.05) is 31.1 Å². The van der Waals surface area contributed by atoms with Gasteiger partial charge in [-0.2, -0.15) is 0 Å². The molecule has 0 radical (unpaired) electrons. The Hall–Kier alpha value is -3.06. The van der Waals surface area contributed by atoms with Crippen molar-refractivity contribution >= 4 is 43.6 Å². The molecule has 1 aliphatic rings. The zero-order chi connectivity index (χ0) is 20.0. The van der Waals surface area contributed by atoms with Crippen LogP contribution in [0.5, 0.6) is 0 Å². The van der Waals surface area contributed by atoms with E-state index in [0.717, 1.165) is 34.8 Å². The van der Waals surface area contributed by atoms with Crippen LogP contribution in [-0.2, 0) is 0 Å². The lowest BCUT2D eigenvalue weighted by molar-refractivity contribution is 0.0747. The lowest BCUT2D eigenvalue weighted by Gasteiger charge is -2.34. The van der Waals surface area contributed by atoms with Gasteiger partial charge in [0.2, 0.25) is 0 Å². The summed E-state index contributed by atoms with van der Waals surface area (Å²) in [7, 11) is 0. The van der Waals surface area contributed by atoms with Crippen LogP contribution in [0.1, 0.15) is 21.5 Å². The fourth-order valence-electron chi connectivity index (χ4n) is 3.76. The molecule has 0 unspecified atom stereocenters. The highest BCUT2D eigenvalue weighted by atomic mass is 32.1. The van der Waals surface area contributed by atoms with E-state index in [1.54, 1.807) is 23.7 Å². The number of hydrogen-bond acceptors (Lipinski definition) is 6. The predicted octanol–water partition coefficient (Wildman–Crippen LogP) is 3.82. The molecule has 3 heterocycles. The summed E-state index contributed by atoms with van der Waals surface area (Å²) < 4.78 is 1.26. The molecular formula is C22H21N5OS. The molecule has 1 aliphatic heterocycles. The molecule has 0 bridgehead atoms. The second-order valence-electron chi connectivity index (χ2n) is 7.41. The minimum Gasteiger partial charge on any atom is -0.345 e. The molecule has 0 saturated carbocycles. The van der Waals surface area contributed by atoms with E-state index in [-0.39, 0.29) is 5.91 Å². The Labute approximate surface area is 172 Å². The molecule has 5 rings (SSSR count). The summed E-state index contributed by atoms with van der Waals surface area (Å²) in [6, 6.07) is 9.81. The first-order chi connectivity index (χ1) is 14.1. The number of piperazine rings is 1. The van der Waals surface area contributed by atoms with Crippen molar-refractivity contribution in [2.45, 2.75) is 13.8 Å². The van der Waals surface area contributed by atoms with Gasteiger partial charge in [-0.15, -0.1) is 0 Å². The smallest absolute Gasteiger partial charge is 0.254 e. The van der Waals surface area contributed by atoms with Gasteiger partial charge in [0, 0.05) is 44.1 Å². The monoisotopic (exact) mass is 403 g/mol. The van der Waals surface area contributed by atoms with Crippen LogP contribution in [0, 0.1) is 13.8 Å². The molecule has 2 aromatic carbocycles. The van der Waals surface area contributed by atoms with E-state index in [1.807, 2.05) is 23.1 Å². The molecule has 7 heteroatoms. The molecule has 29 heavy (non-hydrogen) atoms. The summed E-state index contributed by atoms with van der Waals surface area (Å²) in [5.74, 6) is 0.0493. The number of rotatable bonds is 2. The van der Waals surface area contributed by atoms with E-state index in [1.165, 1.54) is 15.8 Å². The number of fused-ring (bicyclic) bond motifs is 2. The Balaban J connectivity index is 1.32. The minimum atomic E-state index is 0.0493. The van der Waals surface area contributed by atoms with E-state index in [2.05, 4.69) is 40.8 Å². The number of benzene rings is 2. The van der Waals surface area contributed by atoms with Crippen molar-refractivity contribution in [3.63, 3.8) is 0 Å². The summed E-state index contributed by atoms with van der Waals surface area (Å²) in [5.41, 5.74) is 5.79. The maximum Gasteiger partial charge on any atom is 0.254 e. The van der Waals surface area contributed by atoms with Gasteiger partial charge in [-0.1, -0.05) is 23.5 Å². The Bertz CT molecular complexity index is 1190. The third-order valence-electron chi connectivity index (χ3n) is 5.48. The van der Waals surface area contributed by atoms with Crippen molar-refractivity contribution in [3.05, 3.63) is 59.4 Å². The lowest BCUT2D eigenvalue weighted by Crippen LogP contribution is -2.48. The molecule has 1 fully saturated rings.